The maximum absolute atomic E-state index is 12.9. The van der Waals surface area contributed by atoms with Crippen LogP contribution in [0.15, 0.2) is 24.3 Å². The van der Waals surface area contributed by atoms with E-state index < -0.39 is 5.60 Å². The van der Waals surface area contributed by atoms with Crippen molar-refractivity contribution >= 4 is 5.91 Å². The molecule has 3 nitrogen and oxygen atoms in total. The summed E-state index contributed by atoms with van der Waals surface area (Å²) in [6.45, 7) is 2.36. The molecule has 4 heteroatoms. The first-order valence-electron chi connectivity index (χ1n) is 7.77. The molecule has 1 aliphatic carbocycles. The molecule has 0 aromatic heterocycles. The van der Waals surface area contributed by atoms with Crippen LogP contribution in [0.3, 0.4) is 0 Å². The fraction of sp³-hybridized carbons (Fsp3) is 0.588. The molecule has 0 aliphatic heterocycles. The number of benzene rings is 1. The SMILES string of the molecule is CCC(CC(=O)NCC1(O)CCCC1)c1ccc(F)cc1. The minimum absolute atomic E-state index is 0.0495. The molecule has 1 atom stereocenters. The molecule has 2 rings (SSSR count). The van der Waals surface area contributed by atoms with Crippen LogP contribution in [-0.4, -0.2) is 23.2 Å². The van der Waals surface area contributed by atoms with Gasteiger partial charge in [-0.15, -0.1) is 0 Å². The average molecular weight is 293 g/mol. The molecule has 1 saturated carbocycles. The molecule has 1 aromatic rings. The van der Waals surface area contributed by atoms with E-state index in [9.17, 15) is 14.3 Å². The number of halogens is 1. The lowest BCUT2D eigenvalue weighted by atomic mass is 9.92. The van der Waals surface area contributed by atoms with Crippen LogP contribution < -0.4 is 5.32 Å². The maximum atomic E-state index is 12.9. The first-order chi connectivity index (χ1) is 10.0. The highest BCUT2D eigenvalue weighted by molar-refractivity contribution is 5.77. The summed E-state index contributed by atoms with van der Waals surface area (Å²) < 4.78 is 12.9. The smallest absolute Gasteiger partial charge is 0.220 e. The van der Waals surface area contributed by atoms with Gasteiger partial charge in [-0.2, -0.15) is 0 Å². The van der Waals surface area contributed by atoms with Gasteiger partial charge in [0.05, 0.1) is 5.60 Å². The summed E-state index contributed by atoms with van der Waals surface area (Å²) in [5, 5.41) is 13.1. The zero-order chi connectivity index (χ0) is 15.3. The van der Waals surface area contributed by atoms with Crippen LogP contribution in [0.4, 0.5) is 4.39 Å². The molecule has 0 saturated heterocycles. The Morgan fingerprint density at radius 1 is 1.33 bits per heavy atom. The Hall–Kier alpha value is -1.42. The van der Waals surface area contributed by atoms with E-state index >= 15 is 0 Å². The number of rotatable bonds is 6. The lowest BCUT2D eigenvalue weighted by molar-refractivity contribution is -0.122. The summed E-state index contributed by atoms with van der Waals surface area (Å²) in [6, 6.07) is 6.33. The fourth-order valence-electron chi connectivity index (χ4n) is 3.00. The second kappa shape index (κ2) is 7.03. The third-order valence-corrected chi connectivity index (χ3v) is 4.41. The molecule has 21 heavy (non-hydrogen) atoms. The minimum Gasteiger partial charge on any atom is -0.388 e. The number of hydrogen-bond acceptors (Lipinski definition) is 2. The van der Waals surface area contributed by atoms with Gasteiger partial charge >= 0.3 is 0 Å². The minimum atomic E-state index is -0.715. The van der Waals surface area contributed by atoms with Gasteiger partial charge in [0.25, 0.3) is 0 Å². The van der Waals surface area contributed by atoms with Gasteiger partial charge < -0.3 is 10.4 Å². The van der Waals surface area contributed by atoms with E-state index in [-0.39, 0.29) is 17.6 Å². The second-order valence-electron chi connectivity index (χ2n) is 6.07. The van der Waals surface area contributed by atoms with Gasteiger partial charge in [-0.1, -0.05) is 31.9 Å². The average Bonchev–Trinajstić information content (AvgIpc) is 2.91. The Morgan fingerprint density at radius 2 is 1.95 bits per heavy atom. The van der Waals surface area contributed by atoms with Crippen molar-refractivity contribution in [2.24, 2.45) is 0 Å². The van der Waals surface area contributed by atoms with E-state index in [0.717, 1.165) is 37.7 Å². The van der Waals surface area contributed by atoms with Crippen LogP contribution in [0.5, 0.6) is 0 Å². The lowest BCUT2D eigenvalue weighted by Gasteiger charge is -2.23. The maximum Gasteiger partial charge on any atom is 0.220 e. The molecule has 0 radical (unpaired) electrons. The topological polar surface area (TPSA) is 49.3 Å². The van der Waals surface area contributed by atoms with Crippen molar-refractivity contribution in [1.82, 2.24) is 5.32 Å². The van der Waals surface area contributed by atoms with Crippen LogP contribution in [0.25, 0.3) is 0 Å². The van der Waals surface area contributed by atoms with Gasteiger partial charge in [-0.25, -0.2) is 4.39 Å². The van der Waals surface area contributed by atoms with E-state index in [4.69, 9.17) is 0 Å². The molecule has 0 spiro atoms. The lowest BCUT2D eigenvalue weighted by Crippen LogP contribution is -2.41. The molecule has 1 aliphatic rings. The highest BCUT2D eigenvalue weighted by Gasteiger charge is 2.31. The number of amides is 1. The van der Waals surface area contributed by atoms with Gasteiger partial charge in [0, 0.05) is 13.0 Å². The van der Waals surface area contributed by atoms with Gasteiger partial charge in [0.15, 0.2) is 0 Å². The number of nitrogens with one attached hydrogen (secondary N) is 1. The zero-order valence-electron chi connectivity index (χ0n) is 12.6. The molecule has 2 N–H and O–H groups in total. The third-order valence-electron chi connectivity index (χ3n) is 4.41. The predicted molar refractivity (Wildman–Crippen MR) is 80.5 cm³/mol. The molecule has 1 fully saturated rings. The number of carbonyl (C=O) groups excluding carboxylic acids is 1. The summed E-state index contributed by atoms with van der Waals surface area (Å²) in [5.41, 5.74) is 0.265. The highest BCUT2D eigenvalue weighted by atomic mass is 19.1. The zero-order valence-corrected chi connectivity index (χ0v) is 12.6. The van der Waals surface area contributed by atoms with Crippen LogP contribution in [-0.2, 0) is 4.79 Å². The molecule has 0 bridgehead atoms. The molecular weight excluding hydrogens is 269 g/mol. The molecular formula is C17H24FNO2. The second-order valence-corrected chi connectivity index (χ2v) is 6.07. The monoisotopic (exact) mass is 293 g/mol. The van der Waals surface area contributed by atoms with Crippen LogP contribution in [0.1, 0.15) is 56.9 Å². The van der Waals surface area contributed by atoms with Crippen molar-refractivity contribution in [3.05, 3.63) is 35.6 Å². The highest BCUT2D eigenvalue weighted by Crippen LogP contribution is 2.29. The Balaban J connectivity index is 1.86. The van der Waals surface area contributed by atoms with Gasteiger partial charge in [-0.05, 0) is 42.9 Å². The Bertz CT molecular complexity index is 466. The van der Waals surface area contributed by atoms with Crippen molar-refractivity contribution in [2.75, 3.05) is 6.54 Å². The Labute approximate surface area is 125 Å². The number of hydrogen-bond donors (Lipinski definition) is 2. The standard InChI is InChI=1S/C17H24FNO2/c1-2-13(14-5-7-15(18)8-6-14)11-16(20)19-12-17(21)9-3-4-10-17/h5-8,13,21H,2-4,9-12H2,1H3,(H,19,20). The summed E-state index contributed by atoms with van der Waals surface area (Å²) in [4.78, 5) is 12.1. The van der Waals surface area contributed by atoms with Crippen molar-refractivity contribution < 1.29 is 14.3 Å². The fourth-order valence-corrected chi connectivity index (χ4v) is 3.00. The van der Waals surface area contributed by atoms with E-state index in [1.54, 1.807) is 12.1 Å². The van der Waals surface area contributed by atoms with Gasteiger partial charge in [-0.3, -0.25) is 4.79 Å². The summed E-state index contributed by atoms with van der Waals surface area (Å²) >= 11 is 0. The quantitative estimate of drug-likeness (QED) is 0.846. The van der Waals surface area contributed by atoms with Crippen molar-refractivity contribution in [3.8, 4) is 0 Å². The van der Waals surface area contributed by atoms with E-state index in [0.29, 0.717) is 13.0 Å². The summed E-state index contributed by atoms with van der Waals surface area (Å²) in [6.07, 6.45) is 4.78. The molecule has 0 heterocycles. The normalized spacial score (nSPS) is 18.4. The van der Waals surface area contributed by atoms with Crippen molar-refractivity contribution in [2.45, 2.75) is 57.0 Å². The Kier molecular flexibility index (Phi) is 5.34. The predicted octanol–water partition coefficient (Wildman–Crippen LogP) is 3.13. The van der Waals surface area contributed by atoms with E-state index in [2.05, 4.69) is 5.32 Å². The van der Waals surface area contributed by atoms with Crippen molar-refractivity contribution in [1.29, 1.82) is 0 Å². The van der Waals surface area contributed by atoms with Gasteiger partial charge in [0.1, 0.15) is 5.82 Å². The number of aliphatic hydroxyl groups is 1. The molecule has 1 unspecified atom stereocenters. The molecule has 116 valence electrons. The number of carbonyl (C=O) groups is 1. The molecule has 1 amide bonds. The van der Waals surface area contributed by atoms with Crippen LogP contribution in [0.2, 0.25) is 0 Å². The van der Waals surface area contributed by atoms with Crippen LogP contribution >= 0.6 is 0 Å². The first kappa shape index (κ1) is 16.0. The summed E-state index contributed by atoms with van der Waals surface area (Å²) in [5.74, 6) is -0.225. The van der Waals surface area contributed by atoms with Crippen molar-refractivity contribution in [3.63, 3.8) is 0 Å². The first-order valence-corrected chi connectivity index (χ1v) is 7.77. The van der Waals surface area contributed by atoms with E-state index in [1.165, 1.54) is 12.1 Å². The largest absolute Gasteiger partial charge is 0.388 e. The Morgan fingerprint density at radius 3 is 2.52 bits per heavy atom. The molecule has 1 aromatic carbocycles. The summed E-state index contributed by atoms with van der Waals surface area (Å²) in [7, 11) is 0. The van der Waals surface area contributed by atoms with Gasteiger partial charge in [0.2, 0.25) is 5.91 Å². The van der Waals surface area contributed by atoms with Crippen LogP contribution in [0, 0.1) is 5.82 Å². The third kappa shape index (κ3) is 4.53. The van der Waals surface area contributed by atoms with E-state index in [1.807, 2.05) is 6.92 Å².